The van der Waals surface area contributed by atoms with Gasteiger partial charge in [0.05, 0.1) is 5.76 Å². The van der Waals surface area contributed by atoms with E-state index in [0.29, 0.717) is 0 Å². The van der Waals surface area contributed by atoms with Crippen molar-refractivity contribution in [2.75, 3.05) is 0 Å². The van der Waals surface area contributed by atoms with Gasteiger partial charge in [-0.2, -0.15) is 0 Å². The minimum absolute atomic E-state index is 0.760. The first-order valence-electron chi connectivity index (χ1n) is 5.00. The Morgan fingerprint density at radius 3 is 2.20 bits per heavy atom. The van der Waals surface area contributed by atoms with E-state index in [0.717, 1.165) is 16.3 Å². The molecular weight excluding hydrogens is 224 g/mol. The average Bonchev–Trinajstić information content (AvgIpc) is 2.05. The summed E-state index contributed by atoms with van der Waals surface area (Å²) in [4.78, 5) is 0. The van der Waals surface area contributed by atoms with Gasteiger partial charge in [0.1, 0.15) is 0 Å². The molecule has 0 saturated carbocycles. The predicted molar refractivity (Wildman–Crippen MR) is 69.5 cm³/mol. The lowest BCUT2D eigenvalue weighted by molar-refractivity contribution is 0.429. The van der Waals surface area contributed by atoms with Gasteiger partial charge in [0.2, 0.25) is 8.32 Å². The zero-order valence-corrected chi connectivity index (χ0v) is 11.4. The molecule has 0 N–H and O–H groups in total. The highest BCUT2D eigenvalue weighted by Gasteiger charge is 2.15. The van der Waals surface area contributed by atoms with Crippen molar-refractivity contribution in [2.24, 2.45) is 0 Å². The van der Waals surface area contributed by atoms with Gasteiger partial charge in [0, 0.05) is 5.02 Å². The molecule has 0 aromatic heterocycles. The molecule has 0 amide bonds. The summed E-state index contributed by atoms with van der Waals surface area (Å²) in [7, 11) is -1.48. The summed E-state index contributed by atoms with van der Waals surface area (Å²) >= 11 is 5.81. The fraction of sp³-hybridized carbons (Fsp3) is 0.333. The van der Waals surface area contributed by atoms with Crippen molar-refractivity contribution >= 4 is 26.0 Å². The van der Waals surface area contributed by atoms with Crippen LogP contribution >= 0.6 is 11.6 Å². The van der Waals surface area contributed by atoms with E-state index < -0.39 is 8.32 Å². The minimum atomic E-state index is -1.48. The second-order valence-corrected chi connectivity index (χ2v) is 9.39. The van der Waals surface area contributed by atoms with Gasteiger partial charge >= 0.3 is 0 Å². The second-order valence-electron chi connectivity index (χ2n) is 4.52. The third kappa shape index (κ3) is 5.05. The third-order valence-corrected chi connectivity index (χ3v) is 2.89. The molecule has 0 atom stereocenters. The maximum atomic E-state index is 5.84. The lowest BCUT2D eigenvalue weighted by Crippen LogP contribution is -2.23. The molecule has 0 unspecified atom stereocenters. The predicted octanol–water partition coefficient (Wildman–Crippen LogP) is 4.55. The molecule has 82 valence electrons. The molecule has 1 rings (SSSR count). The Kier molecular flexibility index (Phi) is 4.00. The van der Waals surface area contributed by atoms with Gasteiger partial charge in [-0.25, -0.2) is 0 Å². The first-order valence-corrected chi connectivity index (χ1v) is 8.78. The van der Waals surface area contributed by atoms with Gasteiger partial charge in [-0.15, -0.1) is 0 Å². The van der Waals surface area contributed by atoms with Crippen molar-refractivity contribution in [3.05, 3.63) is 40.6 Å². The van der Waals surface area contributed by atoms with Crippen molar-refractivity contribution < 1.29 is 4.43 Å². The monoisotopic (exact) mass is 240 g/mol. The second kappa shape index (κ2) is 4.86. The highest BCUT2D eigenvalue weighted by molar-refractivity contribution is 6.70. The zero-order chi connectivity index (χ0) is 11.5. The van der Waals surface area contributed by atoms with Crippen LogP contribution in [0, 0.1) is 0 Å². The van der Waals surface area contributed by atoms with Crippen molar-refractivity contribution in [1.29, 1.82) is 0 Å². The third-order valence-electron chi connectivity index (χ3n) is 1.71. The molecule has 1 aromatic carbocycles. The van der Waals surface area contributed by atoms with Gasteiger partial charge in [0.25, 0.3) is 0 Å². The normalized spacial score (nSPS) is 12.7. The Hall–Kier alpha value is -0.733. The zero-order valence-electron chi connectivity index (χ0n) is 9.67. The van der Waals surface area contributed by atoms with Gasteiger partial charge in [-0.05, 0) is 50.3 Å². The quantitative estimate of drug-likeness (QED) is 0.556. The summed E-state index contributed by atoms with van der Waals surface area (Å²) in [6.07, 6.45) is 2.04. The lowest BCUT2D eigenvalue weighted by Gasteiger charge is -2.19. The summed E-state index contributed by atoms with van der Waals surface area (Å²) in [5.41, 5.74) is 1.12. The molecule has 0 aliphatic rings. The van der Waals surface area contributed by atoms with E-state index in [-0.39, 0.29) is 0 Å². The van der Waals surface area contributed by atoms with Crippen LogP contribution in [0.15, 0.2) is 30.0 Å². The highest BCUT2D eigenvalue weighted by atomic mass is 35.5. The summed E-state index contributed by atoms with van der Waals surface area (Å²) < 4.78 is 5.84. The molecule has 0 fully saturated rings. The fourth-order valence-corrected chi connectivity index (χ4v) is 2.46. The van der Waals surface area contributed by atoms with Crippen LogP contribution in [-0.4, -0.2) is 8.32 Å². The first-order chi connectivity index (χ1) is 6.87. The summed E-state index contributed by atoms with van der Waals surface area (Å²) in [6.45, 7) is 8.51. The molecule has 15 heavy (non-hydrogen) atoms. The summed E-state index contributed by atoms with van der Waals surface area (Å²) in [6, 6.07) is 7.74. The number of benzene rings is 1. The van der Waals surface area contributed by atoms with Crippen LogP contribution in [0.1, 0.15) is 12.5 Å². The van der Waals surface area contributed by atoms with Crippen molar-refractivity contribution in [1.82, 2.24) is 0 Å². The summed E-state index contributed by atoms with van der Waals surface area (Å²) in [5, 5.41) is 0.760. The number of hydrogen-bond acceptors (Lipinski definition) is 1. The van der Waals surface area contributed by atoms with E-state index in [2.05, 4.69) is 19.6 Å². The molecule has 0 saturated heterocycles. The Bertz CT molecular complexity index is 349. The Morgan fingerprint density at radius 2 is 1.73 bits per heavy atom. The van der Waals surface area contributed by atoms with Crippen molar-refractivity contribution in [2.45, 2.75) is 26.6 Å². The smallest absolute Gasteiger partial charge is 0.241 e. The van der Waals surface area contributed by atoms with E-state index in [9.17, 15) is 0 Å². The van der Waals surface area contributed by atoms with Gasteiger partial charge in [-0.3, -0.25) is 0 Å². The van der Waals surface area contributed by atoms with Gasteiger partial charge in [0.15, 0.2) is 0 Å². The van der Waals surface area contributed by atoms with Gasteiger partial charge in [-0.1, -0.05) is 23.7 Å². The average molecular weight is 241 g/mol. The number of hydrogen-bond donors (Lipinski definition) is 0. The van der Waals surface area contributed by atoms with Gasteiger partial charge < -0.3 is 4.43 Å². The topological polar surface area (TPSA) is 9.23 Å². The van der Waals surface area contributed by atoms with Crippen LogP contribution in [0.5, 0.6) is 0 Å². The molecule has 0 spiro atoms. The maximum Gasteiger partial charge on any atom is 0.241 e. The summed E-state index contributed by atoms with van der Waals surface area (Å²) in [5.74, 6) is 0.969. The van der Waals surface area contributed by atoms with Crippen LogP contribution in [0.25, 0.3) is 6.08 Å². The fourth-order valence-electron chi connectivity index (χ4n) is 1.31. The molecule has 1 aromatic rings. The lowest BCUT2D eigenvalue weighted by atomic mass is 10.2. The SMILES string of the molecule is CC(=Cc1ccc(Cl)cc1)O[Si](C)(C)C. The van der Waals surface area contributed by atoms with E-state index >= 15 is 0 Å². The molecule has 0 aliphatic heterocycles. The van der Waals surface area contributed by atoms with Crippen LogP contribution in [0.2, 0.25) is 24.7 Å². The van der Waals surface area contributed by atoms with E-state index in [4.69, 9.17) is 16.0 Å². The van der Waals surface area contributed by atoms with Crippen molar-refractivity contribution in [3.8, 4) is 0 Å². The van der Waals surface area contributed by atoms with E-state index in [1.54, 1.807) is 0 Å². The number of halogens is 1. The minimum Gasteiger partial charge on any atom is -0.548 e. The first kappa shape index (κ1) is 12.3. The Labute approximate surface area is 97.9 Å². The molecule has 0 aliphatic carbocycles. The van der Waals surface area contributed by atoms with Crippen LogP contribution in [0.4, 0.5) is 0 Å². The molecule has 0 heterocycles. The van der Waals surface area contributed by atoms with E-state index in [1.165, 1.54) is 0 Å². The van der Waals surface area contributed by atoms with Crippen molar-refractivity contribution in [3.63, 3.8) is 0 Å². The molecule has 0 bridgehead atoms. The Balaban J connectivity index is 2.75. The molecule has 1 nitrogen and oxygen atoms in total. The van der Waals surface area contributed by atoms with Crippen LogP contribution in [-0.2, 0) is 4.43 Å². The van der Waals surface area contributed by atoms with Crippen LogP contribution in [0.3, 0.4) is 0 Å². The Morgan fingerprint density at radius 1 is 1.20 bits per heavy atom. The maximum absolute atomic E-state index is 5.84. The molecule has 3 heteroatoms. The highest BCUT2D eigenvalue weighted by Crippen LogP contribution is 2.15. The molecule has 0 radical (unpaired) electrons. The molecular formula is C12H17ClOSi. The van der Waals surface area contributed by atoms with Crippen LogP contribution < -0.4 is 0 Å². The number of rotatable bonds is 3. The number of allylic oxidation sites excluding steroid dienone is 1. The standard InChI is InChI=1S/C12H17ClOSi/c1-10(14-15(2,3)4)9-11-5-7-12(13)8-6-11/h5-9H,1-4H3. The van der Waals surface area contributed by atoms with E-state index in [1.807, 2.05) is 37.3 Å². The largest absolute Gasteiger partial charge is 0.548 e.